The third-order valence-electron chi connectivity index (χ3n) is 2.66. The van der Waals surface area contributed by atoms with Crippen LogP contribution < -0.4 is 14.2 Å². The molecule has 94 valence electrons. The molecule has 4 heteroatoms. The van der Waals surface area contributed by atoms with Crippen molar-refractivity contribution in [2.24, 2.45) is 0 Å². The molecule has 0 N–H and O–H groups in total. The van der Waals surface area contributed by atoms with E-state index < -0.39 is 0 Å². The number of benzene rings is 1. The van der Waals surface area contributed by atoms with Gasteiger partial charge in [0.05, 0.1) is 21.3 Å². The van der Waals surface area contributed by atoms with Crippen LogP contribution in [-0.4, -0.2) is 26.3 Å². The van der Waals surface area contributed by atoms with Crippen LogP contribution in [-0.2, 0) is 0 Å². The quantitative estimate of drug-likeness (QED) is 0.830. The van der Waals surface area contributed by atoms with Crippen LogP contribution >= 0.6 is 0 Å². The second-order valence-electron chi connectivity index (χ2n) is 3.66. The zero-order valence-corrected chi connectivity index (χ0v) is 10.6. The van der Waals surface area contributed by atoms with E-state index >= 15 is 0 Å². The van der Waals surface area contributed by atoms with Crippen LogP contribution in [0.4, 0.5) is 0 Å². The van der Waals surface area contributed by atoms with E-state index in [-0.39, 0.29) is 0 Å². The van der Waals surface area contributed by atoms with Gasteiger partial charge >= 0.3 is 0 Å². The summed E-state index contributed by atoms with van der Waals surface area (Å²) in [4.78, 5) is 4.18. The maximum absolute atomic E-state index is 5.27. The zero-order valence-electron chi connectivity index (χ0n) is 10.6. The highest BCUT2D eigenvalue weighted by molar-refractivity contribution is 5.66. The van der Waals surface area contributed by atoms with Gasteiger partial charge in [0.2, 0.25) is 5.88 Å². The molecule has 2 rings (SSSR count). The Morgan fingerprint density at radius 1 is 0.778 bits per heavy atom. The summed E-state index contributed by atoms with van der Waals surface area (Å²) in [5.41, 5.74) is 2.01. The van der Waals surface area contributed by atoms with Crippen molar-refractivity contribution in [3.63, 3.8) is 0 Å². The molecule has 1 aromatic heterocycles. The van der Waals surface area contributed by atoms with Crippen molar-refractivity contribution < 1.29 is 14.2 Å². The second-order valence-corrected chi connectivity index (χ2v) is 3.66. The minimum absolute atomic E-state index is 0.597. The number of ether oxygens (including phenoxy) is 3. The van der Waals surface area contributed by atoms with Crippen molar-refractivity contribution >= 4 is 0 Å². The third-order valence-corrected chi connectivity index (χ3v) is 2.66. The van der Waals surface area contributed by atoms with Gasteiger partial charge in [0, 0.05) is 17.8 Å². The lowest BCUT2D eigenvalue weighted by Crippen LogP contribution is -1.91. The molecule has 0 amide bonds. The lowest BCUT2D eigenvalue weighted by molar-refractivity contribution is 0.355. The molecular formula is C14H15NO3. The molecule has 0 saturated heterocycles. The summed E-state index contributed by atoms with van der Waals surface area (Å²) >= 11 is 0. The monoisotopic (exact) mass is 245 g/mol. The van der Waals surface area contributed by atoms with Crippen LogP contribution in [0.25, 0.3) is 11.1 Å². The predicted octanol–water partition coefficient (Wildman–Crippen LogP) is 2.77. The number of hydrogen-bond acceptors (Lipinski definition) is 4. The Kier molecular flexibility index (Phi) is 3.67. The van der Waals surface area contributed by atoms with E-state index in [4.69, 9.17) is 14.2 Å². The summed E-state index contributed by atoms with van der Waals surface area (Å²) in [7, 11) is 4.83. The Morgan fingerprint density at radius 3 is 2.06 bits per heavy atom. The van der Waals surface area contributed by atoms with Crippen molar-refractivity contribution in [3.05, 3.63) is 36.5 Å². The molecule has 1 aromatic carbocycles. The molecule has 0 fully saturated rings. The van der Waals surface area contributed by atoms with Gasteiger partial charge in [-0.2, -0.15) is 0 Å². The Hall–Kier alpha value is -2.23. The maximum atomic E-state index is 5.27. The number of pyridine rings is 1. The lowest BCUT2D eigenvalue weighted by atomic mass is 10.1. The third kappa shape index (κ3) is 2.37. The first kappa shape index (κ1) is 12.2. The normalized spacial score (nSPS) is 9.94. The Labute approximate surface area is 106 Å². The van der Waals surface area contributed by atoms with Gasteiger partial charge in [0.15, 0.2) is 11.5 Å². The molecule has 0 aliphatic rings. The largest absolute Gasteiger partial charge is 0.493 e. The highest BCUT2D eigenvalue weighted by atomic mass is 16.5. The van der Waals surface area contributed by atoms with E-state index in [1.165, 1.54) is 0 Å². The number of methoxy groups -OCH3 is 3. The van der Waals surface area contributed by atoms with Gasteiger partial charge in [-0.15, -0.1) is 0 Å². The van der Waals surface area contributed by atoms with Crippen molar-refractivity contribution in [3.8, 4) is 28.5 Å². The first-order valence-corrected chi connectivity index (χ1v) is 5.51. The molecule has 1 heterocycles. The maximum Gasteiger partial charge on any atom is 0.212 e. The van der Waals surface area contributed by atoms with E-state index in [0.29, 0.717) is 17.4 Å². The van der Waals surface area contributed by atoms with Gasteiger partial charge in [-0.3, -0.25) is 0 Å². The molecule has 0 atom stereocenters. The first-order valence-electron chi connectivity index (χ1n) is 5.51. The van der Waals surface area contributed by atoms with Gasteiger partial charge in [-0.05, 0) is 23.8 Å². The van der Waals surface area contributed by atoms with Gasteiger partial charge in [-0.1, -0.05) is 6.07 Å². The summed E-state index contributed by atoms with van der Waals surface area (Å²) in [5, 5.41) is 0. The Balaban J connectivity index is 2.37. The summed E-state index contributed by atoms with van der Waals surface area (Å²) in [6.07, 6.45) is 1.76. The molecule has 0 aliphatic carbocycles. The Bertz CT molecular complexity index is 523. The second kappa shape index (κ2) is 5.40. The minimum Gasteiger partial charge on any atom is -0.493 e. The van der Waals surface area contributed by atoms with Crippen LogP contribution in [0.5, 0.6) is 17.4 Å². The predicted molar refractivity (Wildman–Crippen MR) is 69.3 cm³/mol. The van der Waals surface area contributed by atoms with E-state index in [9.17, 15) is 0 Å². The lowest BCUT2D eigenvalue weighted by Gasteiger charge is -2.09. The molecule has 0 unspecified atom stereocenters. The van der Waals surface area contributed by atoms with Crippen molar-refractivity contribution in [2.75, 3.05) is 21.3 Å². The fraction of sp³-hybridized carbons (Fsp3) is 0.214. The summed E-state index contributed by atoms with van der Waals surface area (Å²) in [5.74, 6) is 2.01. The van der Waals surface area contributed by atoms with Crippen LogP contribution in [0.3, 0.4) is 0 Å². The highest BCUT2D eigenvalue weighted by Gasteiger charge is 2.06. The smallest absolute Gasteiger partial charge is 0.212 e. The van der Waals surface area contributed by atoms with E-state index in [0.717, 1.165) is 11.1 Å². The van der Waals surface area contributed by atoms with E-state index in [1.807, 2.05) is 30.3 Å². The van der Waals surface area contributed by atoms with Gasteiger partial charge in [0.25, 0.3) is 0 Å². The first-order chi connectivity index (χ1) is 8.78. The highest BCUT2D eigenvalue weighted by Crippen LogP contribution is 2.32. The molecule has 2 aromatic rings. The molecular weight excluding hydrogens is 230 g/mol. The van der Waals surface area contributed by atoms with Crippen LogP contribution in [0.1, 0.15) is 0 Å². The molecule has 0 bridgehead atoms. The average molecular weight is 245 g/mol. The number of rotatable bonds is 4. The Morgan fingerprint density at radius 2 is 1.50 bits per heavy atom. The topological polar surface area (TPSA) is 40.6 Å². The zero-order chi connectivity index (χ0) is 13.0. The van der Waals surface area contributed by atoms with E-state index in [2.05, 4.69) is 4.98 Å². The standard InChI is InChI=1S/C14H15NO3/c1-16-12-6-4-10(8-13(12)17-2)11-5-7-14(18-3)15-9-11/h4-9H,1-3H3. The van der Waals surface area contributed by atoms with Crippen molar-refractivity contribution in [1.82, 2.24) is 4.98 Å². The number of aromatic nitrogens is 1. The molecule has 0 spiro atoms. The van der Waals surface area contributed by atoms with Crippen molar-refractivity contribution in [2.45, 2.75) is 0 Å². The van der Waals surface area contributed by atoms with Crippen LogP contribution in [0.15, 0.2) is 36.5 Å². The fourth-order valence-corrected chi connectivity index (χ4v) is 1.69. The molecule has 18 heavy (non-hydrogen) atoms. The summed E-state index contributed by atoms with van der Waals surface area (Å²) in [6.45, 7) is 0. The summed E-state index contributed by atoms with van der Waals surface area (Å²) in [6, 6.07) is 9.53. The van der Waals surface area contributed by atoms with Crippen molar-refractivity contribution in [1.29, 1.82) is 0 Å². The molecule has 0 saturated carbocycles. The molecule has 4 nitrogen and oxygen atoms in total. The average Bonchev–Trinajstić information content (AvgIpc) is 2.46. The van der Waals surface area contributed by atoms with E-state index in [1.54, 1.807) is 27.5 Å². The minimum atomic E-state index is 0.597. The number of nitrogens with zero attached hydrogens (tertiary/aromatic N) is 1. The molecule has 0 radical (unpaired) electrons. The van der Waals surface area contributed by atoms with Gasteiger partial charge in [0.1, 0.15) is 0 Å². The van der Waals surface area contributed by atoms with Crippen LogP contribution in [0.2, 0.25) is 0 Å². The van der Waals surface area contributed by atoms with Crippen LogP contribution in [0, 0.1) is 0 Å². The molecule has 0 aliphatic heterocycles. The SMILES string of the molecule is COc1ccc(-c2ccc(OC)c(OC)c2)cn1. The van der Waals surface area contributed by atoms with Gasteiger partial charge in [-0.25, -0.2) is 4.98 Å². The van der Waals surface area contributed by atoms with Gasteiger partial charge < -0.3 is 14.2 Å². The fourth-order valence-electron chi connectivity index (χ4n) is 1.69. The number of hydrogen-bond donors (Lipinski definition) is 0. The summed E-state index contributed by atoms with van der Waals surface area (Å²) < 4.78 is 15.5.